The van der Waals surface area contributed by atoms with Crippen molar-refractivity contribution in [1.29, 1.82) is 0 Å². The monoisotopic (exact) mass is 332 g/mol. The van der Waals surface area contributed by atoms with Crippen LogP contribution >= 0.6 is 0 Å². The summed E-state index contributed by atoms with van der Waals surface area (Å²) in [4.78, 5) is 32.3. The number of piperidine rings is 1. The van der Waals surface area contributed by atoms with Crippen LogP contribution in [0.3, 0.4) is 0 Å². The number of hydrogen-bond acceptors (Lipinski definition) is 4. The van der Waals surface area contributed by atoms with Crippen molar-refractivity contribution in [2.45, 2.75) is 32.2 Å². The van der Waals surface area contributed by atoms with E-state index >= 15 is 0 Å². The van der Waals surface area contributed by atoms with Crippen molar-refractivity contribution >= 4 is 11.9 Å². The van der Waals surface area contributed by atoms with Gasteiger partial charge in [-0.25, -0.2) is 9.78 Å². The summed E-state index contributed by atoms with van der Waals surface area (Å²) >= 11 is 0. The summed E-state index contributed by atoms with van der Waals surface area (Å²) in [6.07, 6.45) is 1.97. The molecule has 1 aromatic rings. The number of aromatic nitrogens is 1. The molecule has 0 saturated carbocycles. The van der Waals surface area contributed by atoms with E-state index in [1.165, 1.54) is 0 Å². The standard InChI is InChI=1S/C17H24N4O3/c1-2-24-15-5-3-4-13(19-15)12-16(22)20-9-6-14(7-10-20)21-11-8-18-17(21)23/h3-5,14H,2,6-12H2,1H3,(H,18,23). The Hall–Kier alpha value is -2.31. The van der Waals surface area contributed by atoms with Crippen LogP contribution in [-0.2, 0) is 11.2 Å². The summed E-state index contributed by atoms with van der Waals surface area (Å²) < 4.78 is 5.38. The zero-order valence-corrected chi connectivity index (χ0v) is 14.0. The Morgan fingerprint density at radius 1 is 1.33 bits per heavy atom. The number of hydrogen-bond donors (Lipinski definition) is 1. The van der Waals surface area contributed by atoms with Crippen molar-refractivity contribution in [2.24, 2.45) is 0 Å². The fourth-order valence-electron chi connectivity index (χ4n) is 3.31. The fourth-order valence-corrected chi connectivity index (χ4v) is 3.31. The summed E-state index contributed by atoms with van der Waals surface area (Å²) in [5.41, 5.74) is 0.729. The third-order valence-corrected chi connectivity index (χ3v) is 4.55. The highest BCUT2D eigenvalue weighted by atomic mass is 16.5. The number of likely N-dealkylation sites (tertiary alicyclic amines) is 1. The van der Waals surface area contributed by atoms with Gasteiger partial charge < -0.3 is 19.9 Å². The van der Waals surface area contributed by atoms with Gasteiger partial charge in [0.15, 0.2) is 0 Å². The van der Waals surface area contributed by atoms with Gasteiger partial charge in [0.05, 0.1) is 18.7 Å². The first kappa shape index (κ1) is 16.5. The lowest BCUT2D eigenvalue weighted by atomic mass is 10.0. The smallest absolute Gasteiger partial charge is 0.317 e. The van der Waals surface area contributed by atoms with E-state index in [4.69, 9.17) is 4.74 Å². The second-order valence-electron chi connectivity index (χ2n) is 6.11. The number of pyridine rings is 1. The molecule has 130 valence electrons. The maximum atomic E-state index is 12.5. The van der Waals surface area contributed by atoms with E-state index in [0.717, 1.165) is 31.6 Å². The Kier molecular flexibility index (Phi) is 5.17. The zero-order chi connectivity index (χ0) is 16.9. The van der Waals surface area contributed by atoms with E-state index in [9.17, 15) is 9.59 Å². The molecule has 24 heavy (non-hydrogen) atoms. The molecule has 3 heterocycles. The van der Waals surface area contributed by atoms with Crippen LogP contribution in [0, 0.1) is 0 Å². The second-order valence-corrected chi connectivity index (χ2v) is 6.11. The Morgan fingerprint density at radius 3 is 2.79 bits per heavy atom. The minimum absolute atomic E-state index is 0.0247. The Labute approximate surface area is 142 Å². The van der Waals surface area contributed by atoms with Crippen molar-refractivity contribution in [3.8, 4) is 5.88 Å². The van der Waals surface area contributed by atoms with Gasteiger partial charge in [-0.2, -0.15) is 0 Å². The first-order chi connectivity index (χ1) is 11.7. The van der Waals surface area contributed by atoms with Gasteiger partial charge in [0.2, 0.25) is 11.8 Å². The van der Waals surface area contributed by atoms with Gasteiger partial charge in [-0.05, 0) is 25.8 Å². The third kappa shape index (κ3) is 3.77. The van der Waals surface area contributed by atoms with E-state index in [1.807, 2.05) is 28.9 Å². The van der Waals surface area contributed by atoms with Crippen molar-refractivity contribution in [3.05, 3.63) is 23.9 Å². The first-order valence-corrected chi connectivity index (χ1v) is 8.58. The Morgan fingerprint density at radius 2 is 2.12 bits per heavy atom. The molecule has 1 N–H and O–H groups in total. The molecule has 0 radical (unpaired) electrons. The highest BCUT2D eigenvalue weighted by Gasteiger charge is 2.31. The summed E-state index contributed by atoms with van der Waals surface area (Å²) in [7, 11) is 0. The highest BCUT2D eigenvalue weighted by Crippen LogP contribution is 2.19. The number of rotatable bonds is 5. The number of amides is 3. The minimum Gasteiger partial charge on any atom is -0.478 e. The Balaban J connectivity index is 1.52. The van der Waals surface area contributed by atoms with Crippen molar-refractivity contribution in [2.75, 3.05) is 32.8 Å². The Bertz CT molecular complexity index is 599. The van der Waals surface area contributed by atoms with Crippen LogP contribution in [0.2, 0.25) is 0 Å². The molecule has 0 unspecified atom stereocenters. The number of nitrogens with zero attached hydrogens (tertiary/aromatic N) is 3. The average Bonchev–Trinajstić information content (AvgIpc) is 3.02. The van der Waals surface area contributed by atoms with E-state index in [0.29, 0.717) is 25.6 Å². The van der Waals surface area contributed by atoms with Crippen LogP contribution in [0.15, 0.2) is 18.2 Å². The molecule has 3 amide bonds. The quantitative estimate of drug-likeness (QED) is 0.874. The fraction of sp³-hybridized carbons (Fsp3) is 0.588. The molecule has 0 aromatic carbocycles. The largest absolute Gasteiger partial charge is 0.478 e. The first-order valence-electron chi connectivity index (χ1n) is 8.58. The average molecular weight is 332 g/mol. The number of carbonyl (C=O) groups is 2. The zero-order valence-electron chi connectivity index (χ0n) is 14.0. The predicted octanol–water partition coefficient (Wildman–Crippen LogP) is 1.04. The maximum absolute atomic E-state index is 12.5. The molecule has 2 aliphatic heterocycles. The van der Waals surface area contributed by atoms with E-state index in [1.54, 1.807) is 6.07 Å². The van der Waals surface area contributed by atoms with Gasteiger partial charge in [0.25, 0.3) is 0 Å². The molecule has 2 saturated heterocycles. The number of urea groups is 1. The molecular formula is C17H24N4O3. The SMILES string of the molecule is CCOc1cccc(CC(=O)N2CCC(N3CCNC3=O)CC2)n1. The molecule has 0 spiro atoms. The topological polar surface area (TPSA) is 74.8 Å². The lowest BCUT2D eigenvalue weighted by Gasteiger charge is -2.36. The van der Waals surface area contributed by atoms with Crippen LogP contribution in [-0.4, -0.2) is 65.5 Å². The van der Waals surface area contributed by atoms with Crippen LogP contribution in [0.1, 0.15) is 25.5 Å². The molecule has 2 fully saturated rings. The van der Waals surface area contributed by atoms with Gasteiger partial charge >= 0.3 is 6.03 Å². The van der Waals surface area contributed by atoms with Crippen molar-refractivity contribution in [3.63, 3.8) is 0 Å². The molecule has 3 rings (SSSR count). The maximum Gasteiger partial charge on any atom is 0.317 e. The summed E-state index contributed by atoms with van der Waals surface area (Å²) in [5.74, 6) is 0.641. The van der Waals surface area contributed by atoms with Crippen LogP contribution in [0.5, 0.6) is 5.88 Å². The van der Waals surface area contributed by atoms with E-state index in [-0.39, 0.29) is 24.4 Å². The van der Waals surface area contributed by atoms with Crippen molar-refractivity contribution in [1.82, 2.24) is 20.1 Å². The summed E-state index contributed by atoms with van der Waals surface area (Å²) in [6, 6.07) is 5.78. The van der Waals surface area contributed by atoms with Crippen LogP contribution < -0.4 is 10.1 Å². The lowest BCUT2D eigenvalue weighted by molar-refractivity contribution is -0.131. The molecule has 0 bridgehead atoms. The highest BCUT2D eigenvalue weighted by molar-refractivity contribution is 5.79. The van der Waals surface area contributed by atoms with Gasteiger partial charge in [-0.3, -0.25) is 4.79 Å². The summed E-state index contributed by atoms with van der Waals surface area (Å²) in [5, 5.41) is 2.84. The second kappa shape index (κ2) is 7.51. The van der Waals surface area contributed by atoms with Gasteiger partial charge in [-0.15, -0.1) is 0 Å². The molecule has 1 aromatic heterocycles. The van der Waals surface area contributed by atoms with Gasteiger partial charge in [-0.1, -0.05) is 6.07 Å². The molecule has 2 aliphatic rings. The van der Waals surface area contributed by atoms with E-state index in [2.05, 4.69) is 10.3 Å². The van der Waals surface area contributed by atoms with Crippen LogP contribution in [0.4, 0.5) is 4.79 Å². The minimum atomic E-state index is 0.0247. The molecule has 0 aliphatic carbocycles. The summed E-state index contributed by atoms with van der Waals surface area (Å²) in [6.45, 7) is 5.34. The molecular weight excluding hydrogens is 308 g/mol. The molecule has 0 atom stereocenters. The van der Waals surface area contributed by atoms with Crippen LogP contribution in [0.25, 0.3) is 0 Å². The number of ether oxygens (including phenoxy) is 1. The van der Waals surface area contributed by atoms with E-state index < -0.39 is 0 Å². The molecule has 7 nitrogen and oxygen atoms in total. The normalized spacial score (nSPS) is 18.6. The predicted molar refractivity (Wildman–Crippen MR) is 88.8 cm³/mol. The lowest BCUT2D eigenvalue weighted by Crippen LogP contribution is -2.48. The van der Waals surface area contributed by atoms with Crippen molar-refractivity contribution < 1.29 is 14.3 Å². The third-order valence-electron chi connectivity index (χ3n) is 4.55. The number of carbonyl (C=O) groups excluding carboxylic acids is 2. The van der Waals surface area contributed by atoms with Gasteiger partial charge in [0.1, 0.15) is 0 Å². The number of nitrogens with one attached hydrogen (secondary N) is 1. The van der Waals surface area contributed by atoms with Gasteiger partial charge in [0, 0.05) is 38.3 Å². The molecule has 7 heteroatoms.